The van der Waals surface area contributed by atoms with E-state index in [4.69, 9.17) is 4.74 Å². The average molecular weight is 426 g/mol. The summed E-state index contributed by atoms with van der Waals surface area (Å²) in [6.45, 7) is 6.43. The summed E-state index contributed by atoms with van der Waals surface area (Å²) in [6, 6.07) is 13.0. The Balaban J connectivity index is 1.88. The van der Waals surface area contributed by atoms with Crippen molar-refractivity contribution in [3.63, 3.8) is 0 Å². The predicted molar refractivity (Wildman–Crippen MR) is 123 cm³/mol. The number of benzene rings is 2. The summed E-state index contributed by atoms with van der Waals surface area (Å²) < 4.78 is 7.04. The van der Waals surface area contributed by atoms with Gasteiger partial charge in [-0.1, -0.05) is 43.3 Å². The van der Waals surface area contributed by atoms with Crippen LogP contribution in [0.25, 0.3) is 10.9 Å². The van der Waals surface area contributed by atoms with Gasteiger partial charge in [0, 0.05) is 6.54 Å². The maximum atomic E-state index is 13.0. The van der Waals surface area contributed by atoms with Gasteiger partial charge in [0.1, 0.15) is 5.75 Å². The minimum atomic E-state index is -0.448. The molecular weight excluding hydrogens is 398 g/mol. The van der Waals surface area contributed by atoms with Gasteiger partial charge in [0.2, 0.25) is 5.91 Å². The van der Waals surface area contributed by atoms with E-state index in [9.17, 15) is 9.59 Å². The van der Waals surface area contributed by atoms with Crippen LogP contribution < -0.4 is 15.6 Å². The van der Waals surface area contributed by atoms with Crippen molar-refractivity contribution < 1.29 is 9.53 Å². The number of para-hydroxylation sites is 1. The molecule has 1 unspecified atom stereocenters. The molecule has 3 aromatic rings. The normalized spacial score (nSPS) is 12.0. The van der Waals surface area contributed by atoms with Crippen molar-refractivity contribution in [1.29, 1.82) is 0 Å². The number of nitrogens with one attached hydrogen (secondary N) is 1. The molecular formula is C23H27N3O3S. The van der Waals surface area contributed by atoms with E-state index in [1.165, 1.54) is 11.8 Å². The molecule has 1 atom stereocenters. The first-order valence-corrected chi connectivity index (χ1v) is 10.9. The molecule has 2 aromatic carbocycles. The van der Waals surface area contributed by atoms with Crippen LogP contribution in [0.4, 0.5) is 5.69 Å². The summed E-state index contributed by atoms with van der Waals surface area (Å²) in [6.07, 6.45) is 1.83. The molecule has 0 saturated heterocycles. The lowest BCUT2D eigenvalue weighted by Crippen LogP contribution is -2.27. The van der Waals surface area contributed by atoms with Gasteiger partial charge in [-0.15, -0.1) is 0 Å². The molecule has 0 aliphatic heterocycles. The molecule has 0 aliphatic rings. The van der Waals surface area contributed by atoms with Gasteiger partial charge in [0.15, 0.2) is 5.16 Å². The van der Waals surface area contributed by atoms with Crippen LogP contribution in [-0.2, 0) is 11.3 Å². The number of carbonyl (C=O) groups excluding carboxylic acids is 1. The number of nitrogens with zero attached hydrogens (tertiary/aromatic N) is 2. The van der Waals surface area contributed by atoms with E-state index in [0.717, 1.165) is 18.4 Å². The van der Waals surface area contributed by atoms with Crippen LogP contribution in [-0.4, -0.2) is 27.8 Å². The Morgan fingerprint density at radius 3 is 2.77 bits per heavy atom. The number of unbranched alkanes of at least 4 members (excludes halogenated alkanes) is 1. The minimum absolute atomic E-state index is 0.0653. The van der Waals surface area contributed by atoms with E-state index in [2.05, 4.69) is 17.2 Å². The number of rotatable bonds is 8. The van der Waals surface area contributed by atoms with Crippen molar-refractivity contribution >= 4 is 34.3 Å². The number of aromatic nitrogens is 2. The van der Waals surface area contributed by atoms with Crippen LogP contribution in [0.15, 0.2) is 52.4 Å². The zero-order chi connectivity index (χ0) is 21.7. The molecule has 1 N–H and O–H groups in total. The molecule has 158 valence electrons. The summed E-state index contributed by atoms with van der Waals surface area (Å²) in [4.78, 5) is 30.6. The third kappa shape index (κ3) is 4.84. The third-order valence-electron chi connectivity index (χ3n) is 4.83. The highest BCUT2D eigenvalue weighted by Crippen LogP contribution is 2.28. The number of hydrogen-bond acceptors (Lipinski definition) is 5. The van der Waals surface area contributed by atoms with Crippen LogP contribution in [0.5, 0.6) is 5.75 Å². The average Bonchev–Trinajstić information content (AvgIpc) is 2.73. The maximum Gasteiger partial charge on any atom is 0.262 e. The quantitative estimate of drug-likeness (QED) is 0.421. The number of anilines is 1. The molecule has 0 fully saturated rings. The van der Waals surface area contributed by atoms with Crippen molar-refractivity contribution in [2.75, 3.05) is 12.4 Å². The van der Waals surface area contributed by atoms with Crippen molar-refractivity contribution in [3.8, 4) is 5.75 Å². The number of thioether (sulfide) groups is 1. The Kier molecular flexibility index (Phi) is 7.15. The summed E-state index contributed by atoms with van der Waals surface area (Å²) in [5.41, 5.74) is 2.23. The Labute approximate surface area is 180 Å². The summed E-state index contributed by atoms with van der Waals surface area (Å²) >= 11 is 1.29. The van der Waals surface area contributed by atoms with Crippen LogP contribution in [0.2, 0.25) is 0 Å². The van der Waals surface area contributed by atoms with Gasteiger partial charge in [0.25, 0.3) is 5.56 Å². The smallest absolute Gasteiger partial charge is 0.262 e. The number of aryl methyl sites for hydroxylation is 1. The predicted octanol–water partition coefficient (Wildman–Crippen LogP) is 4.63. The van der Waals surface area contributed by atoms with E-state index in [0.29, 0.717) is 34.0 Å². The van der Waals surface area contributed by atoms with Crippen molar-refractivity contribution in [2.45, 2.75) is 50.6 Å². The highest BCUT2D eigenvalue weighted by Gasteiger charge is 2.20. The Bertz CT molecular complexity index is 1110. The molecule has 1 aromatic heterocycles. The standard InChI is InChI=1S/C23H27N3O3S/c1-5-6-13-26-22(28)17-9-7-8-10-18(17)25-23(26)30-16(3)21(27)24-19-14-15(2)11-12-20(19)29-4/h7-12,14,16H,5-6,13H2,1-4H3,(H,24,27). The van der Waals surface area contributed by atoms with Gasteiger partial charge < -0.3 is 10.1 Å². The first-order chi connectivity index (χ1) is 14.4. The minimum Gasteiger partial charge on any atom is -0.495 e. The highest BCUT2D eigenvalue weighted by molar-refractivity contribution is 8.00. The van der Waals surface area contributed by atoms with E-state index in [-0.39, 0.29) is 11.5 Å². The largest absolute Gasteiger partial charge is 0.495 e. The molecule has 1 amide bonds. The number of carbonyl (C=O) groups is 1. The SMILES string of the molecule is CCCCn1c(SC(C)C(=O)Nc2cc(C)ccc2OC)nc2ccccc2c1=O. The molecule has 30 heavy (non-hydrogen) atoms. The van der Waals surface area contributed by atoms with E-state index >= 15 is 0 Å². The van der Waals surface area contributed by atoms with Gasteiger partial charge in [-0.25, -0.2) is 4.98 Å². The van der Waals surface area contributed by atoms with Crippen LogP contribution >= 0.6 is 11.8 Å². The molecule has 3 rings (SSSR count). The summed E-state index contributed by atoms with van der Waals surface area (Å²) in [5.74, 6) is 0.434. The third-order valence-corrected chi connectivity index (χ3v) is 5.92. The fraction of sp³-hybridized carbons (Fsp3) is 0.348. The lowest BCUT2D eigenvalue weighted by atomic mass is 10.2. The maximum absolute atomic E-state index is 13.0. The van der Waals surface area contributed by atoms with E-state index < -0.39 is 5.25 Å². The Hall–Kier alpha value is -2.80. The fourth-order valence-corrected chi connectivity index (χ4v) is 4.05. The summed E-state index contributed by atoms with van der Waals surface area (Å²) in [5, 5.41) is 3.65. The second-order valence-electron chi connectivity index (χ2n) is 7.17. The van der Waals surface area contributed by atoms with Gasteiger partial charge in [-0.3, -0.25) is 14.2 Å². The molecule has 0 radical (unpaired) electrons. The van der Waals surface area contributed by atoms with Crippen LogP contribution in [0, 0.1) is 6.92 Å². The molecule has 1 heterocycles. The van der Waals surface area contributed by atoms with E-state index in [1.807, 2.05) is 50.2 Å². The topological polar surface area (TPSA) is 73.2 Å². The first kappa shape index (κ1) is 21.9. The molecule has 0 aliphatic carbocycles. The van der Waals surface area contributed by atoms with Gasteiger partial charge in [-0.05, 0) is 50.1 Å². The Morgan fingerprint density at radius 1 is 1.27 bits per heavy atom. The lowest BCUT2D eigenvalue weighted by Gasteiger charge is -2.17. The van der Waals surface area contributed by atoms with Crippen molar-refractivity contribution in [3.05, 3.63) is 58.4 Å². The molecule has 0 bridgehead atoms. The van der Waals surface area contributed by atoms with Crippen molar-refractivity contribution in [1.82, 2.24) is 9.55 Å². The van der Waals surface area contributed by atoms with E-state index in [1.54, 1.807) is 17.7 Å². The highest BCUT2D eigenvalue weighted by atomic mass is 32.2. The summed E-state index contributed by atoms with van der Waals surface area (Å²) in [7, 11) is 1.57. The van der Waals surface area contributed by atoms with Crippen LogP contribution in [0.1, 0.15) is 32.3 Å². The molecule has 0 saturated carbocycles. The van der Waals surface area contributed by atoms with Gasteiger partial charge >= 0.3 is 0 Å². The number of hydrogen-bond donors (Lipinski definition) is 1. The van der Waals surface area contributed by atoms with Crippen LogP contribution in [0.3, 0.4) is 0 Å². The zero-order valence-corrected chi connectivity index (χ0v) is 18.6. The molecule has 0 spiro atoms. The Morgan fingerprint density at radius 2 is 2.03 bits per heavy atom. The number of fused-ring (bicyclic) bond motifs is 1. The first-order valence-electron chi connectivity index (χ1n) is 10.1. The monoisotopic (exact) mass is 425 g/mol. The second-order valence-corrected chi connectivity index (χ2v) is 8.48. The lowest BCUT2D eigenvalue weighted by molar-refractivity contribution is -0.115. The second kappa shape index (κ2) is 9.80. The van der Waals surface area contributed by atoms with Gasteiger partial charge in [0.05, 0.1) is 29.0 Å². The number of ether oxygens (including phenoxy) is 1. The number of amides is 1. The van der Waals surface area contributed by atoms with Crippen molar-refractivity contribution in [2.24, 2.45) is 0 Å². The zero-order valence-electron chi connectivity index (χ0n) is 17.8. The molecule has 6 nitrogen and oxygen atoms in total. The van der Waals surface area contributed by atoms with Gasteiger partial charge in [-0.2, -0.15) is 0 Å². The number of methoxy groups -OCH3 is 1. The molecule has 7 heteroatoms. The fourth-order valence-electron chi connectivity index (χ4n) is 3.12.